The Bertz CT molecular complexity index is 664. The van der Waals surface area contributed by atoms with Crippen molar-refractivity contribution < 1.29 is 0 Å². The summed E-state index contributed by atoms with van der Waals surface area (Å²) in [4.78, 5) is 20.9. The maximum absolute atomic E-state index is 12.5. The Morgan fingerprint density at radius 2 is 2.11 bits per heavy atom. The molecule has 4 nitrogen and oxygen atoms in total. The van der Waals surface area contributed by atoms with Gasteiger partial charge in [0.15, 0.2) is 0 Å². The van der Waals surface area contributed by atoms with Gasteiger partial charge in [0.1, 0.15) is 14.4 Å². The highest BCUT2D eigenvalue weighted by molar-refractivity contribution is 14.1. The third-order valence-electron chi connectivity index (χ3n) is 3.41. The van der Waals surface area contributed by atoms with Crippen LogP contribution in [0.15, 0.2) is 17.2 Å². The average molecular weight is 376 g/mol. The number of aromatic nitrogens is 3. The number of fused-ring (bicyclic) bond motifs is 1. The molecule has 0 amide bonds. The van der Waals surface area contributed by atoms with E-state index in [0.29, 0.717) is 25.8 Å². The molecule has 2 aromatic heterocycles. The summed E-state index contributed by atoms with van der Waals surface area (Å²) in [5, 5.41) is 0.906. The molecular formula is C12H11ClIN3O. The van der Waals surface area contributed by atoms with E-state index >= 15 is 0 Å². The summed E-state index contributed by atoms with van der Waals surface area (Å²) in [6, 6.07) is 1.90. The standard InChI is InChI=1S/C12H11ClIN3O/c13-9-5-8-10(11(14)16-9)15-6-17(12(8)18)7-3-1-2-4-7/h5-7H,1-4H2. The second kappa shape index (κ2) is 4.77. The van der Waals surface area contributed by atoms with Gasteiger partial charge in [-0.25, -0.2) is 9.97 Å². The third-order valence-corrected chi connectivity index (χ3v) is 4.36. The average Bonchev–Trinajstić information content (AvgIpc) is 2.84. The summed E-state index contributed by atoms with van der Waals surface area (Å²) in [6.07, 6.45) is 6.14. The molecule has 94 valence electrons. The number of hydrogen-bond donors (Lipinski definition) is 0. The summed E-state index contributed by atoms with van der Waals surface area (Å²) >= 11 is 7.97. The summed E-state index contributed by atoms with van der Waals surface area (Å²) < 4.78 is 2.42. The molecule has 1 fully saturated rings. The predicted molar refractivity (Wildman–Crippen MR) is 79.0 cm³/mol. The van der Waals surface area contributed by atoms with E-state index in [1.54, 1.807) is 17.0 Å². The molecular weight excluding hydrogens is 365 g/mol. The highest BCUT2D eigenvalue weighted by atomic mass is 127. The SMILES string of the molecule is O=c1c2cc(Cl)nc(I)c2ncn1C1CCCC1. The number of rotatable bonds is 1. The first kappa shape index (κ1) is 12.3. The van der Waals surface area contributed by atoms with Crippen molar-refractivity contribution in [2.75, 3.05) is 0 Å². The minimum atomic E-state index is -0.00545. The molecule has 0 spiro atoms. The van der Waals surface area contributed by atoms with Gasteiger partial charge in [-0.3, -0.25) is 9.36 Å². The second-order valence-electron chi connectivity index (χ2n) is 4.53. The number of halogens is 2. The molecule has 2 heterocycles. The smallest absolute Gasteiger partial charge is 0.261 e. The van der Waals surface area contributed by atoms with Crippen molar-refractivity contribution >= 4 is 45.1 Å². The van der Waals surface area contributed by atoms with Crippen LogP contribution in [0.2, 0.25) is 5.15 Å². The van der Waals surface area contributed by atoms with E-state index < -0.39 is 0 Å². The maximum Gasteiger partial charge on any atom is 0.261 e. The Labute approximate surface area is 123 Å². The molecule has 0 saturated heterocycles. The van der Waals surface area contributed by atoms with Crippen molar-refractivity contribution in [2.24, 2.45) is 0 Å². The van der Waals surface area contributed by atoms with Gasteiger partial charge in [0, 0.05) is 6.04 Å². The lowest BCUT2D eigenvalue weighted by Crippen LogP contribution is -2.24. The van der Waals surface area contributed by atoms with Gasteiger partial charge in [0.25, 0.3) is 5.56 Å². The quantitative estimate of drug-likeness (QED) is 0.568. The molecule has 0 bridgehead atoms. The fourth-order valence-electron chi connectivity index (χ4n) is 2.52. The Hall–Kier alpha value is -0.690. The minimum Gasteiger partial charge on any atom is -0.296 e. The molecule has 0 unspecified atom stereocenters. The van der Waals surface area contributed by atoms with Gasteiger partial charge in [-0.15, -0.1) is 0 Å². The van der Waals surface area contributed by atoms with Crippen molar-refractivity contribution in [3.63, 3.8) is 0 Å². The van der Waals surface area contributed by atoms with Gasteiger partial charge in [-0.2, -0.15) is 0 Å². The molecule has 2 aromatic rings. The summed E-state index contributed by atoms with van der Waals surface area (Å²) in [5.74, 6) is 0. The van der Waals surface area contributed by atoms with E-state index in [-0.39, 0.29) is 5.56 Å². The van der Waals surface area contributed by atoms with Crippen LogP contribution in [0.3, 0.4) is 0 Å². The topological polar surface area (TPSA) is 47.8 Å². The monoisotopic (exact) mass is 375 g/mol. The second-order valence-corrected chi connectivity index (χ2v) is 5.94. The van der Waals surface area contributed by atoms with Gasteiger partial charge >= 0.3 is 0 Å². The first-order chi connectivity index (χ1) is 8.66. The van der Waals surface area contributed by atoms with Gasteiger partial charge in [0.2, 0.25) is 0 Å². The Morgan fingerprint density at radius 3 is 2.83 bits per heavy atom. The highest BCUT2D eigenvalue weighted by Crippen LogP contribution is 2.28. The fraction of sp³-hybridized carbons (Fsp3) is 0.417. The Balaban J connectivity index is 2.25. The van der Waals surface area contributed by atoms with Crippen LogP contribution >= 0.6 is 34.2 Å². The molecule has 0 N–H and O–H groups in total. The largest absolute Gasteiger partial charge is 0.296 e. The minimum absolute atomic E-state index is 0.00545. The molecule has 0 radical (unpaired) electrons. The predicted octanol–water partition coefficient (Wildman–Crippen LogP) is 3.16. The molecule has 1 aliphatic rings. The molecule has 6 heteroatoms. The van der Waals surface area contributed by atoms with Gasteiger partial charge in [-0.1, -0.05) is 24.4 Å². The van der Waals surface area contributed by atoms with Crippen LogP contribution in [0, 0.1) is 3.70 Å². The molecule has 1 aliphatic carbocycles. The number of hydrogen-bond acceptors (Lipinski definition) is 3. The van der Waals surface area contributed by atoms with Crippen LogP contribution in [0.1, 0.15) is 31.7 Å². The fourth-order valence-corrected chi connectivity index (χ4v) is 3.54. The third kappa shape index (κ3) is 2.03. The van der Waals surface area contributed by atoms with E-state index in [2.05, 4.69) is 32.6 Å². The van der Waals surface area contributed by atoms with Crippen molar-refractivity contribution in [3.05, 3.63) is 31.6 Å². The lowest BCUT2D eigenvalue weighted by Gasteiger charge is -2.13. The Morgan fingerprint density at radius 1 is 1.39 bits per heavy atom. The summed E-state index contributed by atoms with van der Waals surface area (Å²) in [6.45, 7) is 0. The van der Waals surface area contributed by atoms with Crippen LogP contribution in [0.5, 0.6) is 0 Å². The lowest BCUT2D eigenvalue weighted by molar-refractivity contribution is 0.499. The lowest BCUT2D eigenvalue weighted by atomic mass is 10.2. The number of pyridine rings is 1. The molecule has 1 saturated carbocycles. The van der Waals surface area contributed by atoms with E-state index in [4.69, 9.17) is 11.6 Å². The molecule has 3 rings (SSSR count). The van der Waals surface area contributed by atoms with Gasteiger partial charge in [-0.05, 0) is 41.5 Å². The van der Waals surface area contributed by atoms with E-state index in [1.807, 2.05) is 0 Å². The Kier molecular flexibility index (Phi) is 3.27. The number of nitrogens with zero attached hydrogens (tertiary/aromatic N) is 3. The zero-order valence-electron chi connectivity index (χ0n) is 9.57. The van der Waals surface area contributed by atoms with Crippen molar-refractivity contribution in [1.82, 2.24) is 14.5 Å². The maximum atomic E-state index is 12.5. The zero-order chi connectivity index (χ0) is 12.7. The van der Waals surface area contributed by atoms with Crippen LogP contribution in [0.4, 0.5) is 0 Å². The molecule has 0 atom stereocenters. The van der Waals surface area contributed by atoms with Crippen molar-refractivity contribution in [1.29, 1.82) is 0 Å². The van der Waals surface area contributed by atoms with Crippen LogP contribution in [0.25, 0.3) is 10.9 Å². The molecule has 18 heavy (non-hydrogen) atoms. The first-order valence-electron chi connectivity index (χ1n) is 5.89. The van der Waals surface area contributed by atoms with Gasteiger partial charge in [0.05, 0.1) is 11.7 Å². The van der Waals surface area contributed by atoms with Crippen LogP contribution in [-0.4, -0.2) is 14.5 Å². The first-order valence-corrected chi connectivity index (χ1v) is 7.35. The van der Waals surface area contributed by atoms with Crippen LogP contribution in [-0.2, 0) is 0 Å². The molecule has 0 aromatic carbocycles. The summed E-state index contributed by atoms with van der Waals surface area (Å²) in [5.41, 5.74) is 0.633. The van der Waals surface area contributed by atoms with E-state index in [0.717, 1.165) is 12.8 Å². The van der Waals surface area contributed by atoms with E-state index in [9.17, 15) is 4.79 Å². The summed E-state index contributed by atoms with van der Waals surface area (Å²) in [7, 11) is 0. The van der Waals surface area contributed by atoms with Crippen LogP contribution < -0.4 is 5.56 Å². The molecule has 0 aliphatic heterocycles. The van der Waals surface area contributed by atoms with Gasteiger partial charge < -0.3 is 0 Å². The van der Waals surface area contributed by atoms with E-state index in [1.165, 1.54) is 12.8 Å². The zero-order valence-corrected chi connectivity index (χ0v) is 12.5. The van der Waals surface area contributed by atoms with Crippen molar-refractivity contribution in [3.8, 4) is 0 Å². The normalized spacial score (nSPS) is 16.6. The van der Waals surface area contributed by atoms with Crippen molar-refractivity contribution in [2.45, 2.75) is 31.7 Å². The highest BCUT2D eigenvalue weighted by Gasteiger charge is 2.19.